The molecule has 0 fully saturated rings. The van der Waals surface area contributed by atoms with Crippen LogP contribution in [0.2, 0.25) is 0 Å². The van der Waals surface area contributed by atoms with E-state index in [1.165, 1.54) is 12.1 Å². The summed E-state index contributed by atoms with van der Waals surface area (Å²) in [5, 5.41) is 14.5. The summed E-state index contributed by atoms with van der Waals surface area (Å²) in [6.07, 6.45) is 1.61. The number of hydrogen-bond acceptors (Lipinski definition) is 4. The number of rotatable bonds is 5. The maximum Gasteiger partial charge on any atom is 0.269 e. The number of halogens is 1. The predicted octanol–water partition coefficient (Wildman–Crippen LogP) is 3.75. The molecule has 0 saturated heterocycles. The van der Waals surface area contributed by atoms with Crippen LogP contribution in [0.5, 0.6) is 0 Å². The van der Waals surface area contributed by atoms with E-state index in [0.717, 1.165) is 9.13 Å². The zero-order valence-electron chi connectivity index (χ0n) is 10.4. The summed E-state index contributed by atoms with van der Waals surface area (Å²) in [6, 6.07) is 14.1. The fourth-order valence-corrected chi connectivity index (χ4v) is 2.12. The van der Waals surface area contributed by atoms with E-state index < -0.39 is 4.92 Å². The van der Waals surface area contributed by atoms with Crippen LogP contribution in [0.3, 0.4) is 0 Å². The molecule has 0 aliphatic rings. The fourth-order valence-electron chi connectivity index (χ4n) is 1.56. The molecule has 0 saturated carbocycles. The maximum atomic E-state index is 10.6. The molecular formula is C14H11IN2O3. The third-order valence-corrected chi connectivity index (χ3v) is 3.15. The first kappa shape index (κ1) is 14.4. The lowest BCUT2D eigenvalue weighted by Gasteiger charge is -2.00. The highest BCUT2D eigenvalue weighted by atomic mass is 127. The lowest BCUT2D eigenvalue weighted by Crippen LogP contribution is -1.92. The van der Waals surface area contributed by atoms with Crippen molar-refractivity contribution in [1.29, 1.82) is 0 Å². The normalized spacial score (nSPS) is 10.7. The molecule has 6 heteroatoms. The van der Waals surface area contributed by atoms with Gasteiger partial charge in [0.1, 0.15) is 6.61 Å². The van der Waals surface area contributed by atoms with Crippen LogP contribution >= 0.6 is 22.6 Å². The molecule has 0 amide bonds. The largest absolute Gasteiger partial charge is 0.391 e. The molecule has 2 aromatic carbocycles. The van der Waals surface area contributed by atoms with Gasteiger partial charge in [0.2, 0.25) is 0 Å². The summed E-state index contributed by atoms with van der Waals surface area (Å²) in [6.45, 7) is 0.197. The zero-order chi connectivity index (χ0) is 14.4. The minimum Gasteiger partial charge on any atom is -0.391 e. The second-order valence-corrected chi connectivity index (χ2v) is 5.24. The third kappa shape index (κ3) is 4.30. The summed E-state index contributed by atoms with van der Waals surface area (Å²) in [5.41, 5.74) is 1.70. The van der Waals surface area contributed by atoms with Crippen molar-refractivity contribution in [3.8, 4) is 0 Å². The molecule has 102 valence electrons. The number of nitrogens with zero attached hydrogens (tertiary/aromatic N) is 2. The van der Waals surface area contributed by atoms with E-state index in [4.69, 9.17) is 4.84 Å². The standard InChI is InChI=1S/C14H11IN2O3/c15-13-5-1-3-11(7-13)9-16-20-10-12-4-2-6-14(8-12)17(18)19/h1-9H,10H2/b16-9-. The highest BCUT2D eigenvalue weighted by Gasteiger charge is 2.05. The second kappa shape index (κ2) is 6.99. The Labute approximate surface area is 129 Å². The Morgan fingerprint density at radius 1 is 1.25 bits per heavy atom. The van der Waals surface area contributed by atoms with Crippen molar-refractivity contribution in [2.75, 3.05) is 0 Å². The van der Waals surface area contributed by atoms with Crippen LogP contribution in [0.4, 0.5) is 5.69 Å². The number of non-ortho nitro benzene ring substituents is 1. The van der Waals surface area contributed by atoms with E-state index in [9.17, 15) is 10.1 Å². The molecule has 0 unspecified atom stereocenters. The first-order chi connectivity index (χ1) is 9.65. The topological polar surface area (TPSA) is 64.7 Å². The number of nitro benzene ring substituents is 1. The zero-order valence-corrected chi connectivity index (χ0v) is 12.6. The number of benzene rings is 2. The molecule has 20 heavy (non-hydrogen) atoms. The Bertz CT molecular complexity index is 644. The molecule has 2 rings (SSSR count). The van der Waals surface area contributed by atoms with Crippen LogP contribution in [0.25, 0.3) is 0 Å². The van der Waals surface area contributed by atoms with Crippen LogP contribution in [0, 0.1) is 13.7 Å². The first-order valence-corrected chi connectivity index (χ1v) is 6.87. The second-order valence-electron chi connectivity index (χ2n) is 3.99. The van der Waals surface area contributed by atoms with Gasteiger partial charge in [-0.25, -0.2) is 0 Å². The van der Waals surface area contributed by atoms with E-state index in [1.807, 2.05) is 24.3 Å². The molecule has 0 N–H and O–H groups in total. The van der Waals surface area contributed by atoms with Gasteiger partial charge in [-0.1, -0.05) is 29.4 Å². The smallest absolute Gasteiger partial charge is 0.269 e. The SMILES string of the molecule is O=[N+]([O-])c1cccc(CO/N=C\c2cccc(I)c2)c1. The highest BCUT2D eigenvalue weighted by Crippen LogP contribution is 2.13. The van der Waals surface area contributed by atoms with Gasteiger partial charge in [-0.3, -0.25) is 10.1 Å². The summed E-state index contributed by atoms with van der Waals surface area (Å²) >= 11 is 2.22. The van der Waals surface area contributed by atoms with Gasteiger partial charge in [0, 0.05) is 15.7 Å². The van der Waals surface area contributed by atoms with Crippen LogP contribution in [-0.2, 0) is 11.4 Å². The van der Waals surface area contributed by atoms with E-state index in [1.54, 1.807) is 18.3 Å². The van der Waals surface area contributed by atoms with Gasteiger partial charge < -0.3 is 4.84 Å². The van der Waals surface area contributed by atoms with E-state index >= 15 is 0 Å². The van der Waals surface area contributed by atoms with E-state index in [0.29, 0.717) is 5.56 Å². The van der Waals surface area contributed by atoms with Crippen molar-refractivity contribution >= 4 is 34.5 Å². The molecule has 0 spiro atoms. The minimum absolute atomic E-state index is 0.0488. The first-order valence-electron chi connectivity index (χ1n) is 5.79. The Kier molecular flexibility index (Phi) is 5.05. The number of oxime groups is 1. The predicted molar refractivity (Wildman–Crippen MR) is 84.6 cm³/mol. The summed E-state index contributed by atoms with van der Waals surface area (Å²) in [7, 11) is 0. The molecule has 0 aliphatic heterocycles. The molecule has 0 heterocycles. The van der Waals surface area contributed by atoms with Crippen molar-refractivity contribution in [1.82, 2.24) is 0 Å². The van der Waals surface area contributed by atoms with Gasteiger partial charge in [-0.2, -0.15) is 0 Å². The molecule has 0 atom stereocenters. The summed E-state index contributed by atoms with van der Waals surface area (Å²) < 4.78 is 1.12. The Hall–Kier alpha value is -1.96. The average Bonchev–Trinajstić information content (AvgIpc) is 2.44. The van der Waals surface area contributed by atoms with Gasteiger partial charge in [-0.15, -0.1) is 0 Å². The lowest BCUT2D eigenvalue weighted by atomic mass is 10.2. The van der Waals surface area contributed by atoms with Gasteiger partial charge in [0.05, 0.1) is 11.1 Å². The average molecular weight is 382 g/mol. The number of nitro groups is 1. The maximum absolute atomic E-state index is 10.6. The molecular weight excluding hydrogens is 371 g/mol. The van der Waals surface area contributed by atoms with Crippen molar-refractivity contribution in [3.05, 3.63) is 73.3 Å². The summed E-state index contributed by atoms with van der Waals surface area (Å²) in [5.74, 6) is 0. The van der Waals surface area contributed by atoms with Crippen LogP contribution in [0.15, 0.2) is 53.7 Å². The lowest BCUT2D eigenvalue weighted by molar-refractivity contribution is -0.384. The number of hydrogen-bond donors (Lipinski definition) is 0. The fraction of sp³-hybridized carbons (Fsp3) is 0.0714. The van der Waals surface area contributed by atoms with Crippen LogP contribution in [0.1, 0.15) is 11.1 Å². The molecule has 2 aromatic rings. The van der Waals surface area contributed by atoms with Crippen molar-refractivity contribution in [2.24, 2.45) is 5.16 Å². The minimum atomic E-state index is -0.432. The molecule has 0 aliphatic carbocycles. The Morgan fingerprint density at radius 3 is 2.80 bits per heavy atom. The van der Waals surface area contributed by atoms with Crippen molar-refractivity contribution in [2.45, 2.75) is 6.61 Å². The van der Waals surface area contributed by atoms with Crippen LogP contribution in [-0.4, -0.2) is 11.1 Å². The molecule has 5 nitrogen and oxygen atoms in total. The Morgan fingerprint density at radius 2 is 2.05 bits per heavy atom. The van der Waals surface area contributed by atoms with Crippen LogP contribution < -0.4 is 0 Å². The van der Waals surface area contributed by atoms with Gasteiger partial charge in [-0.05, 0) is 45.9 Å². The monoisotopic (exact) mass is 382 g/mol. The van der Waals surface area contributed by atoms with E-state index in [2.05, 4.69) is 27.7 Å². The van der Waals surface area contributed by atoms with Gasteiger partial charge in [0.25, 0.3) is 5.69 Å². The van der Waals surface area contributed by atoms with E-state index in [-0.39, 0.29) is 12.3 Å². The quantitative estimate of drug-likeness (QED) is 0.343. The molecule has 0 radical (unpaired) electrons. The Balaban J connectivity index is 1.93. The van der Waals surface area contributed by atoms with Gasteiger partial charge in [0.15, 0.2) is 0 Å². The van der Waals surface area contributed by atoms with Crippen molar-refractivity contribution < 1.29 is 9.76 Å². The van der Waals surface area contributed by atoms with Crippen molar-refractivity contribution in [3.63, 3.8) is 0 Å². The third-order valence-electron chi connectivity index (χ3n) is 2.48. The highest BCUT2D eigenvalue weighted by molar-refractivity contribution is 14.1. The van der Waals surface area contributed by atoms with Gasteiger partial charge >= 0.3 is 0 Å². The summed E-state index contributed by atoms with van der Waals surface area (Å²) in [4.78, 5) is 15.3. The molecule has 0 bridgehead atoms. The molecule has 0 aromatic heterocycles.